The van der Waals surface area contributed by atoms with Crippen molar-refractivity contribution in [1.29, 1.82) is 0 Å². The Morgan fingerprint density at radius 3 is 2.67 bits per heavy atom. The summed E-state index contributed by atoms with van der Waals surface area (Å²) in [5, 5.41) is 0. The third-order valence-electron chi connectivity index (χ3n) is 2.70. The minimum Gasteiger partial charge on any atom is -0.338 e. The number of nitrogens with one attached hydrogen (secondary N) is 1. The van der Waals surface area contributed by atoms with E-state index in [0.717, 1.165) is 21.3 Å². The van der Waals surface area contributed by atoms with Gasteiger partial charge in [-0.25, -0.2) is 4.98 Å². The van der Waals surface area contributed by atoms with Gasteiger partial charge in [-0.05, 0) is 29.8 Å². The van der Waals surface area contributed by atoms with E-state index >= 15 is 0 Å². The Balaban J connectivity index is 1.93. The van der Waals surface area contributed by atoms with E-state index in [1.807, 2.05) is 48.6 Å². The summed E-state index contributed by atoms with van der Waals surface area (Å²) in [6.07, 6.45) is 4.04. The summed E-state index contributed by atoms with van der Waals surface area (Å²) in [5.41, 5.74) is 3.18. The van der Waals surface area contributed by atoms with Crippen LogP contribution in [0.15, 0.2) is 53.0 Å². The smallest absolute Gasteiger partial charge is 0.131 e. The zero-order valence-corrected chi connectivity index (χ0v) is 11.2. The Morgan fingerprint density at radius 1 is 1.00 bits per heavy atom. The van der Waals surface area contributed by atoms with Gasteiger partial charge in [-0.15, -0.1) is 0 Å². The highest BCUT2D eigenvalue weighted by Gasteiger charge is 2.00. The zero-order valence-electron chi connectivity index (χ0n) is 9.60. The Kier molecular flexibility index (Phi) is 2.99. The van der Waals surface area contributed by atoms with E-state index in [2.05, 4.69) is 38.0 Å². The topological polar surface area (TPSA) is 28.7 Å². The van der Waals surface area contributed by atoms with E-state index in [1.165, 1.54) is 5.56 Å². The van der Waals surface area contributed by atoms with Crippen LogP contribution in [0.25, 0.3) is 23.2 Å². The lowest BCUT2D eigenvalue weighted by Gasteiger charge is -1.89. The number of H-pyrrole nitrogens is 1. The maximum atomic E-state index is 4.51. The van der Waals surface area contributed by atoms with Crippen molar-refractivity contribution in [3.63, 3.8) is 0 Å². The van der Waals surface area contributed by atoms with E-state index in [0.29, 0.717) is 0 Å². The molecule has 18 heavy (non-hydrogen) atoms. The molecule has 1 heterocycles. The van der Waals surface area contributed by atoms with Gasteiger partial charge >= 0.3 is 0 Å². The molecule has 0 saturated heterocycles. The molecule has 88 valence electrons. The highest BCUT2D eigenvalue weighted by Crippen LogP contribution is 2.18. The Labute approximate surface area is 114 Å². The number of hydrogen-bond donors (Lipinski definition) is 1. The number of benzene rings is 2. The molecule has 0 saturated carbocycles. The number of nitrogens with zero attached hydrogens (tertiary/aromatic N) is 1. The first-order valence-corrected chi connectivity index (χ1v) is 6.49. The maximum absolute atomic E-state index is 4.51. The lowest BCUT2D eigenvalue weighted by atomic mass is 10.2. The standard InChI is InChI=1S/C15H11BrN2/c16-12-7-8-13-14(10-12)18-15(17-13)9-6-11-4-2-1-3-5-11/h1-10H,(H,17,18). The van der Waals surface area contributed by atoms with Gasteiger partial charge in [-0.3, -0.25) is 0 Å². The fraction of sp³-hybridized carbons (Fsp3) is 0. The first kappa shape index (κ1) is 11.2. The zero-order chi connectivity index (χ0) is 12.4. The second-order valence-corrected chi connectivity index (χ2v) is 4.94. The van der Waals surface area contributed by atoms with Crippen molar-refractivity contribution in [2.45, 2.75) is 0 Å². The van der Waals surface area contributed by atoms with Crippen LogP contribution in [-0.4, -0.2) is 9.97 Å². The van der Waals surface area contributed by atoms with Gasteiger partial charge in [0, 0.05) is 4.47 Å². The number of hydrogen-bond acceptors (Lipinski definition) is 1. The van der Waals surface area contributed by atoms with Gasteiger partial charge in [0.05, 0.1) is 11.0 Å². The molecule has 0 aliphatic carbocycles. The van der Waals surface area contributed by atoms with Crippen LogP contribution in [0.4, 0.5) is 0 Å². The average molecular weight is 299 g/mol. The largest absolute Gasteiger partial charge is 0.338 e. The van der Waals surface area contributed by atoms with Crippen LogP contribution in [0, 0.1) is 0 Å². The molecule has 3 aromatic rings. The van der Waals surface area contributed by atoms with Gasteiger partial charge in [0.1, 0.15) is 5.82 Å². The number of fused-ring (bicyclic) bond motifs is 1. The molecule has 3 heteroatoms. The van der Waals surface area contributed by atoms with E-state index in [4.69, 9.17) is 0 Å². The molecule has 0 amide bonds. The molecular formula is C15H11BrN2. The van der Waals surface area contributed by atoms with Crippen molar-refractivity contribution in [2.24, 2.45) is 0 Å². The highest BCUT2D eigenvalue weighted by atomic mass is 79.9. The molecule has 0 aliphatic heterocycles. The second kappa shape index (κ2) is 4.78. The number of halogens is 1. The van der Waals surface area contributed by atoms with E-state index < -0.39 is 0 Å². The van der Waals surface area contributed by atoms with E-state index in [-0.39, 0.29) is 0 Å². The minimum atomic E-state index is 0.868. The predicted octanol–water partition coefficient (Wildman–Crippen LogP) is 4.50. The fourth-order valence-corrected chi connectivity index (χ4v) is 2.18. The normalized spacial score (nSPS) is 11.4. The SMILES string of the molecule is Brc1ccc2nc(C=Cc3ccccc3)[nH]c2c1. The van der Waals surface area contributed by atoms with Crippen LogP contribution in [-0.2, 0) is 0 Å². The first-order chi connectivity index (χ1) is 8.81. The van der Waals surface area contributed by atoms with Gasteiger partial charge in [-0.1, -0.05) is 52.3 Å². The molecule has 0 aliphatic rings. The Bertz CT molecular complexity index is 699. The van der Waals surface area contributed by atoms with Crippen molar-refractivity contribution in [2.75, 3.05) is 0 Å². The molecule has 2 aromatic carbocycles. The summed E-state index contributed by atoms with van der Waals surface area (Å²) >= 11 is 3.45. The second-order valence-electron chi connectivity index (χ2n) is 4.03. The van der Waals surface area contributed by atoms with Gasteiger partial charge in [-0.2, -0.15) is 0 Å². The number of imidazole rings is 1. The molecule has 3 rings (SSSR count). The molecule has 1 aromatic heterocycles. The monoisotopic (exact) mass is 298 g/mol. The lowest BCUT2D eigenvalue weighted by Crippen LogP contribution is -1.74. The molecule has 0 radical (unpaired) electrons. The van der Waals surface area contributed by atoms with Crippen LogP contribution in [0.5, 0.6) is 0 Å². The summed E-state index contributed by atoms with van der Waals surface area (Å²) in [5.74, 6) is 0.868. The average Bonchev–Trinajstić information content (AvgIpc) is 2.79. The van der Waals surface area contributed by atoms with Gasteiger partial charge in [0.25, 0.3) is 0 Å². The maximum Gasteiger partial charge on any atom is 0.131 e. The summed E-state index contributed by atoms with van der Waals surface area (Å²) in [6, 6.07) is 16.2. The predicted molar refractivity (Wildman–Crippen MR) is 79.2 cm³/mol. The van der Waals surface area contributed by atoms with Crippen molar-refractivity contribution in [1.82, 2.24) is 9.97 Å². The fourth-order valence-electron chi connectivity index (χ4n) is 1.82. The number of rotatable bonds is 2. The quantitative estimate of drug-likeness (QED) is 0.741. The summed E-state index contributed by atoms with van der Waals surface area (Å²) < 4.78 is 1.05. The molecule has 0 spiro atoms. The molecule has 2 nitrogen and oxygen atoms in total. The summed E-state index contributed by atoms with van der Waals surface area (Å²) in [6.45, 7) is 0. The molecule has 0 fully saturated rings. The van der Waals surface area contributed by atoms with Crippen molar-refractivity contribution >= 4 is 39.1 Å². The van der Waals surface area contributed by atoms with E-state index in [1.54, 1.807) is 0 Å². The summed E-state index contributed by atoms with van der Waals surface area (Å²) in [7, 11) is 0. The lowest BCUT2D eigenvalue weighted by molar-refractivity contribution is 1.29. The van der Waals surface area contributed by atoms with Gasteiger partial charge in [0.2, 0.25) is 0 Å². The van der Waals surface area contributed by atoms with Crippen LogP contribution in [0.2, 0.25) is 0 Å². The molecular weight excluding hydrogens is 288 g/mol. The Morgan fingerprint density at radius 2 is 1.83 bits per heavy atom. The van der Waals surface area contributed by atoms with Crippen LogP contribution >= 0.6 is 15.9 Å². The van der Waals surface area contributed by atoms with Crippen LogP contribution < -0.4 is 0 Å². The van der Waals surface area contributed by atoms with Gasteiger partial charge in [0.15, 0.2) is 0 Å². The van der Waals surface area contributed by atoms with E-state index in [9.17, 15) is 0 Å². The minimum absolute atomic E-state index is 0.868. The summed E-state index contributed by atoms with van der Waals surface area (Å²) in [4.78, 5) is 7.78. The highest BCUT2D eigenvalue weighted by molar-refractivity contribution is 9.10. The first-order valence-electron chi connectivity index (χ1n) is 5.70. The van der Waals surface area contributed by atoms with Crippen molar-refractivity contribution < 1.29 is 0 Å². The molecule has 0 unspecified atom stereocenters. The molecule has 1 N–H and O–H groups in total. The van der Waals surface area contributed by atoms with Crippen molar-refractivity contribution in [3.05, 3.63) is 64.4 Å². The van der Waals surface area contributed by atoms with Crippen molar-refractivity contribution in [3.8, 4) is 0 Å². The van der Waals surface area contributed by atoms with Crippen LogP contribution in [0.3, 0.4) is 0 Å². The van der Waals surface area contributed by atoms with Crippen LogP contribution in [0.1, 0.15) is 11.4 Å². The Hall–Kier alpha value is -1.87. The molecule has 0 bridgehead atoms. The third kappa shape index (κ3) is 2.36. The van der Waals surface area contributed by atoms with Gasteiger partial charge < -0.3 is 4.98 Å². The molecule has 0 atom stereocenters. The number of aromatic amines is 1. The third-order valence-corrected chi connectivity index (χ3v) is 3.19. The number of aromatic nitrogens is 2.